The largest absolute Gasteiger partial charge is 0.349 e. The zero-order valence-corrected chi connectivity index (χ0v) is 16.9. The number of thioether (sulfide) groups is 1. The Kier molecular flexibility index (Phi) is 5.96. The summed E-state index contributed by atoms with van der Waals surface area (Å²) in [6, 6.07) is 14.4. The Balaban J connectivity index is 1.62. The van der Waals surface area contributed by atoms with E-state index >= 15 is 0 Å². The predicted octanol–water partition coefficient (Wildman–Crippen LogP) is 4.16. The average Bonchev–Trinajstić information content (AvgIpc) is 3.11. The van der Waals surface area contributed by atoms with Crippen molar-refractivity contribution in [2.75, 3.05) is 5.75 Å². The summed E-state index contributed by atoms with van der Waals surface area (Å²) in [7, 11) is 0. The minimum absolute atomic E-state index is 0.0214. The minimum Gasteiger partial charge on any atom is -0.349 e. The van der Waals surface area contributed by atoms with Gasteiger partial charge in [0.05, 0.1) is 11.8 Å². The number of aromatic nitrogens is 3. The maximum atomic E-state index is 12.4. The van der Waals surface area contributed by atoms with Crippen LogP contribution in [-0.2, 0) is 4.79 Å². The van der Waals surface area contributed by atoms with Gasteiger partial charge in [0, 0.05) is 5.69 Å². The smallest absolute Gasteiger partial charge is 0.230 e. The monoisotopic (exact) mass is 380 g/mol. The number of amides is 1. The highest BCUT2D eigenvalue weighted by Crippen LogP contribution is 2.21. The van der Waals surface area contributed by atoms with Gasteiger partial charge >= 0.3 is 0 Å². The second kappa shape index (κ2) is 8.39. The molecule has 0 spiro atoms. The lowest BCUT2D eigenvalue weighted by molar-refractivity contribution is -0.119. The standard InChI is InChI=1S/C21H24N4OS/c1-14-6-9-18(10-7-14)25-13-22-24-21(25)27-12-20(26)23-17(4)19-11-15(2)5-8-16(19)3/h5-11,13,17H,12H2,1-4H3,(H,23,26). The molecule has 1 N–H and O–H groups in total. The molecular weight excluding hydrogens is 356 g/mol. The van der Waals surface area contributed by atoms with Gasteiger partial charge in [0.15, 0.2) is 5.16 Å². The van der Waals surface area contributed by atoms with Crippen molar-refractivity contribution in [2.24, 2.45) is 0 Å². The topological polar surface area (TPSA) is 59.8 Å². The van der Waals surface area contributed by atoms with Crippen molar-refractivity contribution in [3.63, 3.8) is 0 Å². The van der Waals surface area contributed by atoms with Gasteiger partial charge in [-0.25, -0.2) is 0 Å². The number of carbonyl (C=O) groups excluding carboxylic acids is 1. The molecule has 5 nitrogen and oxygen atoms in total. The van der Waals surface area contributed by atoms with Crippen LogP contribution in [0.25, 0.3) is 5.69 Å². The Morgan fingerprint density at radius 3 is 2.56 bits per heavy atom. The van der Waals surface area contributed by atoms with E-state index in [0.717, 1.165) is 11.3 Å². The van der Waals surface area contributed by atoms with E-state index in [9.17, 15) is 4.79 Å². The van der Waals surface area contributed by atoms with E-state index in [1.165, 1.54) is 28.5 Å². The molecule has 6 heteroatoms. The van der Waals surface area contributed by atoms with E-state index in [0.29, 0.717) is 10.9 Å². The summed E-state index contributed by atoms with van der Waals surface area (Å²) in [4.78, 5) is 12.4. The van der Waals surface area contributed by atoms with Gasteiger partial charge in [-0.1, -0.05) is 53.2 Å². The molecule has 27 heavy (non-hydrogen) atoms. The SMILES string of the molecule is Cc1ccc(-n2cnnc2SCC(=O)NC(C)c2cc(C)ccc2C)cc1. The molecule has 0 saturated heterocycles. The quantitative estimate of drug-likeness (QED) is 0.652. The Hall–Kier alpha value is -2.60. The summed E-state index contributed by atoms with van der Waals surface area (Å²) in [5.41, 5.74) is 5.70. The van der Waals surface area contributed by atoms with E-state index in [-0.39, 0.29) is 11.9 Å². The molecule has 1 unspecified atom stereocenters. The molecule has 1 atom stereocenters. The van der Waals surface area contributed by atoms with Crippen molar-refractivity contribution in [3.05, 3.63) is 71.0 Å². The molecule has 0 radical (unpaired) electrons. The molecule has 0 bridgehead atoms. The van der Waals surface area contributed by atoms with E-state index in [1.807, 2.05) is 42.7 Å². The normalized spacial score (nSPS) is 12.0. The van der Waals surface area contributed by atoms with Gasteiger partial charge in [0.2, 0.25) is 5.91 Å². The van der Waals surface area contributed by atoms with Gasteiger partial charge in [0.1, 0.15) is 6.33 Å². The van der Waals surface area contributed by atoms with Crippen LogP contribution >= 0.6 is 11.8 Å². The fourth-order valence-electron chi connectivity index (χ4n) is 2.92. The second-order valence-electron chi connectivity index (χ2n) is 6.76. The van der Waals surface area contributed by atoms with Gasteiger partial charge < -0.3 is 5.32 Å². The number of nitrogens with one attached hydrogen (secondary N) is 1. The van der Waals surface area contributed by atoms with Gasteiger partial charge in [-0.15, -0.1) is 10.2 Å². The summed E-state index contributed by atoms with van der Waals surface area (Å²) in [5, 5.41) is 11.9. The lowest BCUT2D eigenvalue weighted by Gasteiger charge is -2.17. The Labute approximate surface area is 164 Å². The van der Waals surface area contributed by atoms with Crippen LogP contribution in [0.5, 0.6) is 0 Å². The van der Waals surface area contributed by atoms with Gasteiger partial charge in [-0.05, 0) is 51.0 Å². The van der Waals surface area contributed by atoms with Crippen molar-refractivity contribution in [1.82, 2.24) is 20.1 Å². The number of aryl methyl sites for hydroxylation is 3. The van der Waals surface area contributed by atoms with E-state index in [4.69, 9.17) is 0 Å². The van der Waals surface area contributed by atoms with Crippen molar-refractivity contribution in [2.45, 2.75) is 38.9 Å². The predicted molar refractivity (Wildman–Crippen MR) is 109 cm³/mol. The number of nitrogens with zero attached hydrogens (tertiary/aromatic N) is 3. The Morgan fingerprint density at radius 2 is 1.81 bits per heavy atom. The molecular formula is C21H24N4OS. The molecule has 1 amide bonds. The Bertz CT molecular complexity index is 934. The van der Waals surface area contributed by atoms with Crippen LogP contribution in [0.3, 0.4) is 0 Å². The van der Waals surface area contributed by atoms with Gasteiger partial charge in [-0.2, -0.15) is 0 Å². The molecule has 140 valence electrons. The van der Waals surface area contributed by atoms with Crippen LogP contribution in [0.2, 0.25) is 0 Å². The fourth-order valence-corrected chi connectivity index (χ4v) is 3.66. The second-order valence-corrected chi connectivity index (χ2v) is 7.70. The number of benzene rings is 2. The molecule has 2 aromatic carbocycles. The summed E-state index contributed by atoms with van der Waals surface area (Å²) in [5.74, 6) is 0.270. The first-order chi connectivity index (χ1) is 12.9. The molecule has 0 aliphatic rings. The lowest BCUT2D eigenvalue weighted by Crippen LogP contribution is -2.28. The maximum absolute atomic E-state index is 12.4. The Morgan fingerprint density at radius 1 is 1.11 bits per heavy atom. The van der Waals surface area contributed by atoms with Crippen molar-refractivity contribution in [3.8, 4) is 5.69 Å². The van der Waals surface area contributed by atoms with Crippen LogP contribution in [0, 0.1) is 20.8 Å². The minimum atomic E-state index is -0.0343. The third kappa shape index (κ3) is 4.77. The summed E-state index contributed by atoms with van der Waals surface area (Å²) >= 11 is 1.38. The van der Waals surface area contributed by atoms with Crippen molar-refractivity contribution in [1.29, 1.82) is 0 Å². The molecule has 0 saturated carbocycles. The number of hydrogen-bond donors (Lipinski definition) is 1. The number of hydrogen-bond acceptors (Lipinski definition) is 4. The van der Waals surface area contributed by atoms with Crippen molar-refractivity contribution < 1.29 is 4.79 Å². The lowest BCUT2D eigenvalue weighted by atomic mass is 10.00. The van der Waals surface area contributed by atoms with E-state index in [2.05, 4.69) is 47.6 Å². The summed E-state index contributed by atoms with van der Waals surface area (Å²) < 4.78 is 1.89. The fraction of sp³-hybridized carbons (Fsp3) is 0.286. The zero-order valence-electron chi connectivity index (χ0n) is 16.1. The molecule has 1 heterocycles. The first-order valence-corrected chi connectivity index (χ1v) is 9.89. The molecule has 0 aliphatic carbocycles. The first-order valence-electron chi connectivity index (χ1n) is 8.90. The summed E-state index contributed by atoms with van der Waals surface area (Å²) in [6.07, 6.45) is 1.67. The van der Waals surface area contributed by atoms with E-state index < -0.39 is 0 Å². The summed E-state index contributed by atoms with van der Waals surface area (Å²) in [6.45, 7) is 8.19. The van der Waals surface area contributed by atoms with Gasteiger partial charge in [0.25, 0.3) is 0 Å². The van der Waals surface area contributed by atoms with Crippen LogP contribution < -0.4 is 5.32 Å². The molecule has 1 aromatic heterocycles. The van der Waals surface area contributed by atoms with E-state index in [1.54, 1.807) is 6.33 Å². The maximum Gasteiger partial charge on any atom is 0.230 e. The number of carbonyl (C=O) groups is 1. The zero-order chi connectivity index (χ0) is 19.4. The van der Waals surface area contributed by atoms with Crippen LogP contribution in [0.15, 0.2) is 53.9 Å². The average molecular weight is 381 g/mol. The van der Waals surface area contributed by atoms with Crippen LogP contribution in [-0.4, -0.2) is 26.4 Å². The highest BCUT2D eigenvalue weighted by Gasteiger charge is 2.14. The van der Waals surface area contributed by atoms with Crippen molar-refractivity contribution >= 4 is 17.7 Å². The number of rotatable bonds is 6. The van der Waals surface area contributed by atoms with Crippen LogP contribution in [0.1, 0.15) is 35.2 Å². The molecule has 0 aliphatic heterocycles. The third-order valence-corrected chi connectivity index (χ3v) is 5.38. The van der Waals surface area contributed by atoms with Crippen LogP contribution in [0.4, 0.5) is 0 Å². The first kappa shape index (κ1) is 19.2. The highest BCUT2D eigenvalue weighted by molar-refractivity contribution is 7.99. The van der Waals surface area contributed by atoms with Gasteiger partial charge in [-0.3, -0.25) is 9.36 Å². The third-order valence-electron chi connectivity index (χ3n) is 4.44. The molecule has 0 fully saturated rings. The molecule has 3 rings (SSSR count). The molecule has 3 aromatic rings. The highest BCUT2D eigenvalue weighted by atomic mass is 32.2.